The van der Waals surface area contributed by atoms with Gasteiger partial charge in [-0.1, -0.05) is 123 Å². The lowest BCUT2D eigenvalue weighted by Gasteiger charge is -2.16. The Hall–Kier alpha value is -0.260. The maximum Gasteiger partial charge on any atom is -0.0351 e. The summed E-state index contributed by atoms with van der Waals surface area (Å²) in [5, 5.41) is 0. The van der Waals surface area contributed by atoms with Gasteiger partial charge < -0.3 is 0 Å². The molecule has 0 aromatic heterocycles. The first kappa shape index (κ1) is 23.7. The van der Waals surface area contributed by atoms with E-state index in [0.29, 0.717) is 0 Å². The molecule has 0 aliphatic heterocycles. The van der Waals surface area contributed by atoms with Gasteiger partial charge in [0.2, 0.25) is 0 Å². The predicted molar refractivity (Wildman–Crippen MR) is 112 cm³/mol. The van der Waals surface area contributed by atoms with Gasteiger partial charge >= 0.3 is 0 Å². The summed E-state index contributed by atoms with van der Waals surface area (Å²) < 4.78 is 0. The van der Waals surface area contributed by atoms with Gasteiger partial charge in [-0.2, -0.15) is 0 Å². The third-order valence-corrected chi connectivity index (χ3v) is 5.10. The molecule has 24 heavy (non-hydrogen) atoms. The highest BCUT2D eigenvalue weighted by Gasteiger charge is 2.07. The van der Waals surface area contributed by atoms with Crippen molar-refractivity contribution in [2.75, 3.05) is 0 Å². The van der Waals surface area contributed by atoms with Crippen LogP contribution in [0.2, 0.25) is 0 Å². The van der Waals surface area contributed by atoms with E-state index < -0.39 is 0 Å². The van der Waals surface area contributed by atoms with Crippen molar-refractivity contribution in [2.24, 2.45) is 5.92 Å². The molecule has 0 spiro atoms. The number of hydrogen-bond acceptors (Lipinski definition) is 0. The van der Waals surface area contributed by atoms with Crippen LogP contribution in [0.3, 0.4) is 0 Å². The largest absolute Gasteiger partial charge is 0.0885 e. The number of unbranched alkanes of at least 4 members (excludes halogenated alkanes) is 11. The van der Waals surface area contributed by atoms with Gasteiger partial charge in [-0.3, -0.25) is 0 Å². The van der Waals surface area contributed by atoms with E-state index in [9.17, 15) is 0 Å². The van der Waals surface area contributed by atoms with E-state index in [1.165, 1.54) is 103 Å². The zero-order valence-electron chi connectivity index (χ0n) is 16.9. The maximum absolute atomic E-state index is 3.92. The van der Waals surface area contributed by atoms with Crippen LogP contribution in [-0.4, -0.2) is 0 Å². The number of rotatable bonds is 19. The van der Waals surface area contributed by atoms with Crippen molar-refractivity contribution in [3.63, 3.8) is 0 Å². The van der Waals surface area contributed by atoms with Crippen LogP contribution in [0, 0.1) is 19.8 Å². The molecule has 0 heteroatoms. The third-order valence-electron chi connectivity index (χ3n) is 5.10. The highest BCUT2D eigenvalue weighted by molar-refractivity contribution is 4.81. The van der Waals surface area contributed by atoms with Crippen molar-refractivity contribution in [1.82, 2.24) is 0 Å². The topological polar surface area (TPSA) is 0 Å². The van der Waals surface area contributed by atoms with Crippen molar-refractivity contribution in [3.8, 4) is 0 Å². The van der Waals surface area contributed by atoms with E-state index >= 15 is 0 Å². The highest BCUT2D eigenvalue weighted by Crippen LogP contribution is 2.23. The Kier molecular flexibility index (Phi) is 20.6. The average Bonchev–Trinajstić information content (AvgIpc) is 2.60. The molecule has 2 radical (unpaired) electrons. The van der Waals surface area contributed by atoms with Crippen LogP contribution in [0.15, 0.2) is 12.2 Å². The molecule has 0 heterocycles. The third kappa shape index (κ3) is 18.1. The molecule has 1 unspecified atom stereocenters. The number of hydrogen-bond donors (Lipinski definition) is 0. The number of allylic oxidation sites excluding steroid dienone is 2. The van der Waals surface area contributed by atoms with Gasteiger partial charge in [0.05, 0.1) is 0 Å². The lowest BCUT2D eigenvalue weighted by atomic mass is 9.90. The molecular formula is C24H46. The molecule has 142 valence electrons. The zero-order chi connectivity index (χ0) is 17.7. The van der Waals surface area contributed by atoms with Crippen molar-refractivity contribution in [1.29, 1.82) is 0 Å². The summed E-state index contributed by atoms with van der Waals surface area (Å²) >= 11 is 0. The smallest absolute Gasteiger partial charge is 0.0351 e. The molecule has 0 aliphatic rings. The maximum atomic E-state index is 3.92. The lowest BCUT2D eigenvalue weighted by molar-refractivity contribution is 0.374. The Balaban J connectivity index is 3.63. The Morgan fingerprint density at radius 3 is 1.71 bits per heavy atom. The summed E-state index contributed by atoms with van der Waals surface area (Å²) in [5.41, 5.74) is 0. The summed E-state index contributed by atoms with van der Waals surface area (Å²) in [4.78, 5) is 0. The quantitative estimate of drug-likeness (QED) is 0.163. The second kappa shape index (κ2) is 20.8. The fourth-order valence-corrected chi connectivity index (χ4v) is 3.44. The van der Waals surface area contributed by atoms with Crippen LogP contribution in [0.5, 0.6) is 0 Å². The lowest BCUT2D eigenvalue weighted by Crippen LogP contribution is -2.01. The van der Waals surface area contributed by atoms with Crippen molar-refractivity contribution in [2.45, 2.75) is 122 Å². The van der Waals surface area contributed by atoms with Crippen LogP contribution in [0.4, 0.5) is 0 Å². The SMILES string of the molecule is [CH2]CCCC=CCCCCC(CCCC)CCCCCCCC[CH2]. The van der Waals surface area contributed by atoms with Crippen molar-refractivity contribution < 1.29 is 0 Å². The van der Waals surface area contributed by atoms with E-state index in [1.54, 1.807) is 0 Å². The molecule has 0 nitrogen and oxygen atoms in total. The summed E-state index contributed by atoms with van der Waals surface area (Å²) in [5.74, 6) is 1.000. The van der Waals surface area contributed by atoms with Gasteiger partial charge in [-0.25, -0.2) is 0 Å². The van der Waals surface area contributed by atoms with Crippen LogP contribution in [0.1, 0.15) is 122 Å². The summed E-state index contributed by atoms with van der Waals surface area (Å²) in [6, 6.07) is 0. The highest BCUT2D eigenvalue weighted by atomic mass is 14.1. The first-order valence-corrected chi connectivity index (χ1v) is 11.1. The van der Waals surface area contributed by atoms with E-state index in [-0.39, 0.29) is 0 Å². The summed E-state index contributed by atoms with van der Waals surface area (Å²) in [6.45, 7) is 10.1. The molecule has 1 atom stereocenters. The Morgan fingerprint density at radius 1 is 0.583 bits per heavy atom. The second-order valence-corrected chi connectivity index (χ2v) is 7.52. The van der Waals surface area contributed by atoms with Gasteiger partial charge in [-0.15, -0.1) is 0 Å². The molecule has 0 amide bonds. The molecule has 0 N–H and O–H groups in total. The van der Waals surface area contributed by atoms with Crippen LogP contribution in [-0.2, 0) is 0 Å². The van der Waals surface area contributed by atoms with Crippen LogP contribution in [0.25, 0.3) is 0 Å². The predicted octanol–water partition coefficient (Wildman–Crippen LogP) is 8.87. The zero-order valence-corrected chi connectivity index (χ0v) is 16.9. The Labute approximate surface area is 154 Å². The molecule has 0 rings (SSSR count). The normalized spacial score (nSPS) is 13.0. The van der Waals surface area contributed by atoms with Gasteiger partial charge in [-0.05, 0) is 31.6 Å². The van der Waals surface area contributed by atoms with E-state index in [1.807, 2.05) is 0 Å². The molecule has 0 aliphatic carbocycles. The van der Waals surface area contributed by atoms with E-state index in [2.05, 4.69) is 32.9 Å². The van der Waals surface area contributed by atoms with Gasteiger partial charge in [0, 0.05) is 0 Å². The van der Waals surface area contributed by atoms with E-state index in [0.717, 1.165) is 18.8 Å². The van der Waals surface area contributed by atoms with Crippen LogP contribution >= 0.6 is 0 Å². The molecule has 0 aromatic rings. The second-order valence-electron chi connectivity index (χ2n) is 7.52. The Bertz CT molecular complexity index is 240. The summed E-state index contributed by atoms with van der Waals surface area (Å²) in [7, 11) is 0. The van der Waals surface area contributed by atoms with Crippen molar-refractivity contribution in [3.05, 3.63) is 26.0 Å². The standard InChI is InChI=1S/C24H46/c1-4-7-10-12-14-16-18-20-23-24(21-9-6-3)22-19-17-15-13-11-8-5-2/h12,14,24H,1-2,4-11,13,15-23H2,3H3. The minimum Gasteiger partial charge on any atom is -0.0885 e. The van der Waals surface area contributed by atoms with Gasteiger partial charge in [0.15, 0.2) is 0 Å². The van der Waals surface area contributed by atoms with Crippen molar-refractivity contribution >= 4 is 0 Å². The first-order valence-electron chi connectivity index (χ1n) is 11.1. The van der Waals surface area contributed by atoms with Gasteiger partial charge in [0.1, 0.15) is 0 Å². The Morgan fingerprint density at radius 2 is 1.08 bits per heavy atom. The molecule has 0 aromatic carbocycles. The van der Waals surface area contributed by atoms with Gasteiger partial charge in [0.25, 0.3) is 0 Å². The van der Waals surface area contributed by atoms with E-state index in [4.69, 9.17) is 0 Å². The molecule has 0 bridgehead atoms. The molecular weight excluding hydrogens is 288 g/mol. The molecule has 0 fully saturated rings. The average molecular weight is 335 g/mol. The molecule has 0 saturated carbocycles. The fourth-order valence-electron chi connectivity index (χ4n) is 3.44. The minimum absolute atomic E-state index is 1.000. The first-order chi connectivity index (χ1) is 11.8. The van der Waals surface area contributed by atoms with Crippen LogP contribution < -0.4 is 0 Å². The summed E-state index contributed by atoms with van der Waals surface area (Å²) in [6.07, 6.45) is 29.2. The minimum atomic E-state index is 1.000. The fraction of sp³-hybridized carbons (Fsp3) is 0.833. The monoisotopic (exact) mass is 334 g/mol. The molecule has 0 saturated heterocycles.